The van der Waals surface area contributed by atoms with Gasteiger partial charge in [0.15, 0.2) is 0 Å². The van der Waals surface area contributed by atoms with Crippen molar-refractivity contribution in [2.45, 2.75) is 12.2 Å². The number of nitrogens with zero attached hydrogens (tertiary/aromatic N) is 1. The van der Waals surface area contributed by atoms with E-state index in [9.17, 15) is 0 Å². The lowest BCUT2D eigenvalue weighted by Gasteiger charge is -1.97. The first-order valence-electron chi connectivity index (χ1n) is 1.89. The summed E-state index contributed by atoms with van der Waals surface area (Å²) in [5, 5.41) is 3.17. The molecule has 0 aromatic carbocycles. The number of hydrazone groups is 1. The van der Waals surface area contributed by atoms with Crippen molar-refractivity contribution in [3.05, 3.63) is 0 Å². The molecule has 0 bridgehead atoms. The first kappa shape index (κ1) is 6.62. The minimum absolute atomic E-state index is 0.0370. The predicted octanol–water partition coefficient (Wildman–Crippen LogP) is -0.464. The molecule has 4 heteroatoms. The van der Waals surface area contributed by atoms with Crippen molar-refractivity contribution >= 4 is 18.5 Å². The normalized spacial score (nSPS) is 16.6. The highest BCUT2D eigenvalue weighted by Crippen LogP contribution is 1.88. The van der Waals surface area contributed by atoms with Crippen molar-refractivity contribution in [2.75, 3.05) is 0 Å². The average molecular weight is 119 g/mol. The fourth-order valence-corrected chi connectivity index (χ4v) is 0.175. The molecule has 0 heterocycles. The van der Waals surface area contributed by atoms with Gasteiger partial charge in [-0.2, -0.15) is 17.7 Å². The van der Waals surface area contributed by atoms with E-state index in [0.29, 0.717) is 5.84 Å². The number of rotatable bonds is 1. The van der Waals surface area contributed by atoms with Crippen LogP contribution in [0.4, 0.5) is 0 Å². The summed E-state index contributed by atoms with van der Waals surface area (Å²) in [4.78, 5) is 0. The van der Waals surface area contributed by atoms with E-state index in [1.807, 2.05) is 0 Å². The minimum Gasteiger partial charge on any atom is -0.385 e. The van der Waals surface area contributed by atoms with E-state index in [4.69, 9.17) is 11.6 Å². The molecule has 0 aliphatic heterocycles. The summed E-state index contributed by atoms with van der Waals surface area (Å²) in [6, 6.07) is 0. The SMILES string of the molecule is CC(S)C(N)=NN. The molecule has 0 aromatic heterocycles. The second-order valence-electron chi connectivity index (χ2n) is 1.23. The molecule has 0 spiro atoms. The summed E-state index contributed by atoms with van der Waals surface area (Å²) < 4.78 is 0. The smallest absolute Gasteiger partial charge is 0.131 e. The Morgan fingerprint density at radius 3 is 2.29 bits per heavy atom. The Hall–Kier alpha value is -0.380. The Morgan fingerprint density at radius 2 is 2.29 bits per heavy atom. The van der Waals surface area contributed by atoms with Gasteiger partial charge < -0.3 is 11.6 Å². The summed E-state index contributed by atoms with van der Waals surface area (Å²) in [6.45, 7) is 1.80. The quantitative estimate of drug-likeness (QED) is 0.144. The summed E-state index contributed by atoms with van der Waals surface area (Å²) in [5.74, 6) is 5.15. The third kappa shape index (κ3) is 2.33. The molecule has 0 rings (SSSR count). The molecule has 7 heavy (non-hydrogen) atoms. The Bertz CT molecular complexity index is 78.2. The van der Waals surface area contributed by atoms with Crippen molar-refractivity contribution in [2.24, 2.45) is 16.7 Å². The van der Waals surface area contributed by atoms with Crippen LogP contribution in [0.2, 0.25) is 0 Å². The third-order valence-corrected chi connectivity index (χ3v) is 0.842. The van der Waals surface area contributed by atoms with Crippen LogP contribution in [0.3, 0.4) is 0 Å². The van der Waals surface area contributed by atoms with Gasteiger partial charge >= 0.3 is 0 Å². The third-order valence-electron chi connectivity index (χ3n) is 0.577. The van der Waals surface area contributed by atoms with Crippen molar-refractivity contribution in [1.29, 1.82) is 0 Å². The molecule has 42 valence electrons. The van der Waals surface area contributed by atoms with E-state index in [-0.39, 0.29) is 5.25 Å². The molecule has 0 saturated carbocycles. The number of hydrogen-bond donors (Lipinski definition) is 3. The van der Waals surface area contributed by atoms with Crippen LogP contribution in [0.1, 0.15) is 6.92 Å². The van der Waals surface area contributed by atoms with E-state index in [1.54, 1.807) is 6.92 Å². The van der Waals surface area contributed by atoms with Crippen molar-refractivity contribution in [3.63, 3.8) is 0 Å². The number of amidine groups is 1. The van der Waals surface area contributed by atoms with Crippen LogP contribution >= 0.6 is 12.6 Å². The molecule has 3 nitrogen and oxygen atoms in total. The minimum atomic E-state index is -0.0370. The van der Waals surface area contributed by atoms with Gasteiger partial charge in [0.25, 0.3) is 0 Å². The topological polar surface area (TPSA) is 64.4 Å². The summed E-state index contributed by atoms with van der Waals surface area (Å²) >= 11 is 3.94. The second-order valence-corrected chi connectivity index (χ2v) is 2.00. The van der Waals surface area contributed by atoms with E-state index >= 15 is 0 Å². The first-order chi connectivity index (χ1) is 3.18. The molecule has 1 atom stereocenters. The number of hydrogen-bond acceptors (Lipinski definition) is 3. The first-order valence-corrected chi connectivity index (χ1v) is 2.41. The zero-order valence-corrected chi connectivity index (χ0v) is 5.02. The maximum Gasteiger partial charge on any atom is 0.131 e. The summed E-state index contributed by atoms with van der Waals surface area (Å²) in [5.41, 5.74) is 5.16. The second kappa shape index (κ2) is 2.74. The van der Waals surface area contributed by atoms with E-state index in [1.165, 1.54) is 0 Å². The van der Waals surface area contributed by atoms with Crippen LogP contribution in [0, 0.1) is 0 Å². The highest BCUT2D eigenvalue weighted by molar-refractivity contribution is 7.81. The van der Waals surface area contributed by atoms with Crippen LogP contribution in [0.15, 0.2) is 5.10 Å². The molecule has 0 radical (unpaired) electrons. The molecular weight excluding hydrogens is 110 g/mol. The molecule has 0 aromatic rings. The fourth-order valence-electron chi connectivity index (χ4n) is 0.108. The maximum atomic E-state index is 5.16. The highest BCUT2D eigenvalue weighted by Gasteiger charge is 1.95. The fraction of sp³-hybridized carbons (Fsp3) is 0.667. The van der Waals surface area contributed by atoms with Gasteiger partial charge in [0.2, 0.25) is 0 Å². The molecule has 0 saturated heterocycles. The molecule has 4 N–H and O–H groups in total. The Balaban J connectivity index is 3.56. The summed E-state index contributed by atoms with van der Waals surface area (Å²) in [6.07, 6.45) is 0. The van der Waals surface area contributed by atoms with Crippen LogP contribution in [0.5, 0.6) is 0 Å². The van der Waals surface area contributed by atoms with E-state index in [0.717, 1.165) is 0 Å². The Kier molecular flexibility index (Phi) is 2.59. The van der Waals surface area contributed by atoms with Gasteiger partial charge in [-0.3, -0.25) is 0 Å². The number of thiol groups is 1. The van der Waals surface area contributed by atoms with Gasteiger partial charge in [-0.1, -0.05) is 0 Å². The van der Waals surface area contributed by atoms with Gasteiger partial charge in [-0.25, -0.2) is 0 Å². The zero-order valence-electron chi connectivity index (χ0n) is 4.13. The molecule has 0 aliphatic rings. The summed E-state index contributed by atoms with van der Waals surface area (Å²) in [7, 11) is 0. The maximum absolute atomic E-state index is 5.16. The lowest BCUT2D eigenvalue weighted by Crippen LogP contribution is -2.22. The Labute approximate surface area is 48.2 Å². The molecule has 0 fully saturated rings. The molecule has 0 aliphatic carbocycles. The van der Waals surface area contributed by atoms with Crippen LogP contribution in [0.25, 0.3) is 0 Å². The number of nitrogens with two attached hydrogens (primary N) is 2. The van der Waals surface area contributed by atoms with Crippen LogP contribution in [-0.2, 0) is 0 Å². The largest absolute Gasteiger partial charge is 0.385 e. The van der Waals surface area contributed by atoms with Crippen molar-refractivity contribution < 1.29 is 0 Å². The predicted molar refractivity (Wildman–Crippen MR) is 34.3 cm³/mol. The van der Waals surface area contributed by atoms with Gasteiger partial charge in [-0.05, 0) is 6.92 Å². The van der Waals surface area contributed by atoms with E-state index < -0.39 is 0 Å². The lowest BCUT2D eigenvalue weighted by molar-refractivity contribution is 1.17. The van der Waals surface area contributed by atoms with Gasteiger partial charge in [0, 0.05) is 0 Å². The average Bonchev–Trinajstić information content (AvgIpc) is 1.65. The highest BCUT2D eigenvalue weighted by atomic mass is 32.1. The standard InChI is InChI=1S/C3H9N3S/c1-2(7)3(4)6-5/h2,7H,5H2,1H3,(H2,4,6). The molecular formula is C3H9N3S. The molecule has 1 unspecified atom stereocenters. The Morgan fingerprint density at radius 1 is 1.86 bits per heavy atom. The van der Waals surface area contributed by atoms with E-state index in [2.05, 4.69) is 17.7 Å². The monoisotopic (exact) mass is 119 g/mol. The van der Waals surface area contributed by atoms with Gasteiger partial charge in [0.1, 0.15) is 5.84 Å². The van der Waals surface area contributed by atoms with Crippen molar-refractivity contribution in [3.8, 4) is 0 Å². The molecule has 0 amide bonds. The zero-order chi connectivity index (χ0) is 5.86. The lowest BCUT2D eigenvalue weighted by atomic mass is 10.4. The van der Waals surface area contributed by atoms with Crippen molar-refractivity contribution in [1.82, 2.24) is 0 Å². The van der Waals surface area contributed by atoms with Crippen LogP contribution < -0.4 is 11.6 Å². The van der Waals surface area contributed by atoms with Gasteiger partial charge in [-0.15, -0.1) is 0 Å². The van der Waals surface area contributed by atoms with Gasteiger partial charge in [0.05, 0.1) is 5.25 Å². The van der Waals surface area contributed by atoms with Crippen LogP contribution in [-0.4, -0.2) is 11.1 Å².